The minimum absolute atomic E-state index is 0.0176. The van der Waals surface area contributed by atoms with Gasteiger partial charge in [-0.15, -0.1) is 0 Å². The number of nitrogens with two attached hydrogens (primary N) is 1. The van der Waals surface area contributed by atoms with Crippen molar-refractivity contribution in [2.24, 2.45) is 0 Å². The van der Waals surface area contributed by atoms with Crippen LogP contribution in [0, 0.1) is 17.5 Å². The summed E-state index contributed by atoms with van der Waals surface area (Å²) in [6.07, 6.45) is -1.26. The third-order valence-electron chi connectivity index (χ3n) is 5.29. The summed E-state index contributed by atoms with van der Waals surface area (Å²) in [6.45, 7) is 0. The van der Waals surface area contributed by atoms with E-state index in [4.69, 9.17) is 5.73 Å². The zero-order valence-corrected chi connectivity index (χ0v) is 17.9. The number of pyridine rings is 1. The maximum Gasteiger partial charge on any atom is 0.433 e. The monoisotopic (exact) mass is 501 g/mol. The molecule has 0 radical (unpaired) electrons. The molecule has 5 aromatic rings. The summed E-state index contributed by atoms with van der Waals surface area (Å²) in [4.78, 5) is 16.1. The fourth-order valence-electron chi connectivity index (χ4n) is 3.66. The molecule has 0 saturated carbocycles. The number of halogens is 6. The molecule has 0 unspecified atom stereocenters. The molecule has 0 aliphatic rings. The molecule has 0 amide bonds. The van der Waals surface area contributed by atoms with Crippen molar-refractivity contribution in [3.63, 3.8) is 0 Å². The fraction of sp³-hybridized carbons (Fsp3) is 0.0870. The Hall–Kier alpha value is -4.55. The summed E-state index contributed by atoms with van der Waals surface area (Å²) in [7, 11) is 0. The predicted octanol–water partition coefficient (Wildman–Crippen LogP) is 4.86. The molecule has 1 aromatic carbocycles. The first-order valence-corrected chi connectivity index (χ1v) is 10.2. The topological polar surface area (TPSA) is 94.9 Å². The van der Waals surface area contributed by atoms with E-state index in [1.807, 2.05) is 0 Å². The Morgan fingerprint density at radius 3 is 2.50 bits per heavy atom. The molecule has 182 valence electrons. The summed E-state index contributed by atoms with van der Waals surface area (Å²) in [6, 6.07) is 6.67. The van der Waals surface area contributed by atoms with Crippen LogP contribution >= 0.6 is 0 Å². The lowest BCUT2D eigenvalue weighted by atomic mass is 10.1. The largest absolute Gasteiger partial charge is 0.433 e. The van der Waals surface area contributed by atoms with Gasteiger partial charge in [0.25, 0.3) is 0 Å². The summed E-state index contributed by atoms with van der Waals surface area (Å²) < 4.78 is 82.0. The molecule has 2 N–H and O–H groups in total. The molecule has 0 aliphatic heterocycles. The van der Waals surface area contributed by atoms with E-state index in [-0.39, 0.29) is 46.3 Å². The molecule has 13 heteroatoms. The highest BCUT2D eigenvalue weighted by Gasteiger charge is 2.32. The number of aromatic nitrogens is 6. The minimum atomic E-state index is -4.64. The number of fused-ring (bicyclic) bond motifs is 1. The van der Waals surface area contributed by atoms with E-state index in [9.17, 15) is 26.3 Å². The Morgan fingerprint density at radius 2 is 1.75 bits per heavy atom. The third-order valence-corrected chi connectivity index (χ3v) is 5.29. The minimum Gasteiger partial charge on any atom is -0.383 e. The molecule has 0 aliphatic carbocycles. The number of nitrogens with zero attached hydrogens (tertiary/aromatic N) is 6. The second-order valence-electron chi connectivity index (χ2n) is 7.65. The Labute approximate surface area is 198 Å². The van der Waals surface area contributed by atoms with Gasteiger partial charge in [0.1, 0.15) is 28.8 Å². The number of anilines is 1. The van der Waals surface area contributed by atoms with E-state index < -0.39 is 29.3 Å². The van der Waals surface area contributed by atoms with Crippen molar-refractivity contribution in [2.75, 3.05) is 5.73 Å². The molecule has 0 spiro atoms. The van der Waals surface area contributed by atoms with Crippen LogP contribution in [0.5, 0.6) is 0 Å². The summed E-state index contributed by atoms with van der Waals surface area (Å²) >= 11 is 0. The third kappa shape index (κ3) is 4.19. The van der Waals surface area contributed by atoms with Gasteiger partial charge in [-0.05, 0) is 35.9 Å². The highest BCUT2D eigenvalue weighted by molar-refractivity contribution is 5.78. The van der Waals surface area contributed by atoms with Gasteiger partial charge in [-0.1, -0.05) is 0 Å². The highest BCUT2D eigenvalue weighted by Crippen LogP contribution is 2.33. The second kappa shape index (κ2) is 8.59. The van der Waals surface area contributed by atoms with Crippen LogP contribution < -0.4 is 5.73 Å². The van der Waals surface area contributed by atoms with Crippen LogP contribution in [-0.2, 0) is 12.6 Å². The van der Waals surface area contributed by atoms with Crippen LogP contribution in [0.1, 0.15) is 17.1 Å². The Morgan fingerprint density at radius 1 is 0.944 bits per heavy atom. The number of hydrogen-bond acceptors (Lipinski definition) is 6. The van der Waals surface area contributed by atoms with E-state index in [2.05, 4.69) is 25.0 Å². The fourth-order valence-corrected chi connectivity index (χ4v) is 3.66. The van der Waals surface area contributed by atoms with Gasteiger partial charge in [-0.2, -0.15) is 18.3 Å². The molecule has 7 nitrogen and oxygen atoms in total. The van der Waals surface area contributed by atoms with Crippen molar-refractivity contribution in [2.45, 2.75) is 12.6 Å². The molecule has 5 rings (SSSR count). The van der Waals surface area contributed by atoms with Gasteiger partial charge in [-0.25, -0.2) is 32.6 Å². The zero-order valence-electron chi connectivity index (χ0n) is 17.9. The first-order valence-electron chi connectivity index (χ1n) is 10.2. The van der Waals surface area contributed by atoms with Crippen LogP contribution in [0.15, 0.2) is 55.0 Å². The summed E-state index contributed by atoms with van der Waals surface area (Å²) in [5, 5.41) is 4.16. The van der Waals surface area contributed by atoms with E-state index >= 15 is 0 Å². The number of imidazole rings is 1. The molecule has 4 heterocycles. The Balaban J connectivity index is 1.57. The maximum atomic E-state index is 14.2. The number of rotatable bonds is 4. The molecule has 0 saturated heterocycles. The van der Waals surface area contributed by atoms with E-state index in [1.54, 1.807) is 12.1 Å². The van der Waals surface area contributed by atoms with E-state index in [0.29, 0.717) is 11.6 Å². The molecule has 36 heavy (non-hydrogen) atoms. The first kappa shape index (κ1) is 23.2. The normalized spacial score (nSPS) is 11.8. The molecule has 0 fully saturated rings. The predicted molar refractivity (Wildman–Crippen MR) is 116 cm³/mol. The number of benzene rings is 1. The lowest BCUT2D eigenvalue weighted by molar-refractivity contribution is -0.141. The SMILES string of the molecule is Nc1nc(-c2nc(Cc3cc(F)cc(F)c3F)n3ncccc23)ncc1-c1ccnc(C(F)(F)F)c1. The zero-order chi connectivity index (χ0) is 25.6. The van der Waals surface area contributed by atoms with Gasteiger partial charge in [0.05, 0.1) is 5.52 Å². The molecule has 4 aromatic heterocycles. The standard InChI is InChI=1S/C23H13F6N7/c24-13-6-12(19(26)15(25)9-13)8-18-34-20(16-2-1-4-33-36(16)18)22-32-10-14(21(30)35-22)11-3-5-31-17(7-11)23(27,28)29/h1-7,9-10H,8H2,(H2,30,32,35). The van der Waals surface area contributed by atoms with Crippen LogP contribution in [0.25, 0.3) is 28.2 Å². The molecular weight excluding hydrogens is 488 g/mol. The van der Waals surface area contributed by atoms with Crippen LogP contribution in [0.3, 0.4) is 0 Å². The lowest BCUT2D eigenvalue weighted by Gasteiger charge is -2.09. The number of hydrogen-bond donors (Lipinski definition) is 1. The second-order valence-corrected chi connectivity index (χ2v) is 7.65. The average Bonchev–Trinajstić information content (AvgIpc) is 3.20. The van der Waals surface area contributed by atoms with Crippen molar-refractivity contribution < 1.29 is 26.3 Å². The Kier molecular flexibility index (Phi) is 5.54. The number of nitrogen functional groups attached to an aromatic ring is 1. The van der Waals surface area contributed by atoms with Crippen LogP contribution in [-0.4, -0.2) is 29.5 Å². The molecular formula is C23H13F6N7. The average molecular weight is 501 g/mol. The van der Waals surface area contributed by atoms with Crippen molar-refractivity contribution in [1.29, 1.82) is 0 Å². The van der Waals surface area contributed by atoms with Crippen molar-refractivity contribution in [3.8, 4) is 22.6 Å². The Bertz CT molecular complexity index is 1610. The van der Waals surface area contributed by atoms with Crippen LogP contribution in [0.4, 0.5) is 32.2 Å². The van der Waals surface area contributed by atoms with Gasteiger partial charge in [0, 0.05) is 42.2 Å². The van der Waals surface area contributed by atoms with E-state index in [1.165, 1.54) is 23.0 Å². The van der Waals surface area contributed by atoms with Gasteiger partial charge < -0.3 is 5.73 Å². The van der Waals surface area contributed by atoms with Crippen LogP contribution in [0.2, 0.25) is 0 Å². The van der Waals surface area contributed by atoms with Crippen molar-refractivity contribution in [3.05, 3.63) is 89.5 Å². The lowest BCUT2D eigenvalue weighted by Crippen LogP contribution is -2.08. The van der Waals surface area contributed by atoms with Crippen molar-refractivity contribution >= 4 is 11.3 Å². The first-order chi connectivity index (χ1) is 17.1. The number of alkyl halides is 3. The molecule has 0 atom stereocenters. The summed E-state index contributed by atoms with van der Waals surface area (Å²) in [5.41, 5.74) is 5.50. The summed E-state index contributed by atoms with van der Waals surface area (Å²) in [5.74, 6) is -3.47. The highest BCUT2D eigenvalue weighted by atomic mass is 19.4. The van der Waals surface area contributed by atoms with Gasteiger partial charge in [0.15, 0.2) is 17.5 Å². The van der Waals surface area contributed by atoms with Gasteiger partial charge in [-0.3, -0.25) is 4.98 Å². The van der Waals surface area contributed by atoms with Gasteiger partial charge in [0.2, 0.25) is 0 Å². The quantitative estimate of drug-likeness (QED) is 0.279. The van der Waals surface area contributed by atoms with Crippen molar-refractivity contribution in [1.82, 2.24) is 29.5 Å². The maximum absolute atomic E-state index is 14.2. The van der Waals surface area contributed by atoms with E-state index in [0.717, 1.165) is 18.3 Å². The molecule has 0 bridgehead atoms. The van der Waals surface area contributed by atoms with Gasteiger partial charge >= 0.3 is 6.18 Å². The smallest absolute Gasteiger partial charge is 0.383 e.